The number of likely N-dealkylation sites (N-methyl/N-ethyl adjacent to an activating group) is 2. The fourth-order valence-corrected chi connectivity index (χ4v) is 10.2. The van der Waals surface area contributed by atoms with E-state index in [-0.39, 0.29) is 45.8 Å². The molecule has 0 saturated carbocycles. The Bertz CT molecular complexity index is 2460. The summed E-state index contributed by atoms with van der Waals surface area (Å²) in [5.41, 5.74) is 13.0. The largest absolute Gasteiger partial charge is 0.375 e. The number of hydrogen-bond acceptors (Lipinski definition) is 0. The van der Waals surface area contributed by atoms with E-state index in [2.05, 4.69) is 275 Å². The Morgan fingerprint density at radius 2 is 0.597 bits per heavy atom. The Hall–Kier alpha value is -6.03. The lowest BCUT2D eigenvalue weighted by atomic mass is 9.79. The zero-order valence-electron chi connectivity index (χ0n) is 43.0. The van der Waals surface area contributed by atoms with Gasteiger partial charge in [-0.1, -0.05) is 241 Å². The Kier molecular flexibility index (Phi) is 12.9. The molecule has 6 aromatic rings. The molecule has 0 radical (unpaired) electrons. The van der Waals surface area contributed by atoms with Crippen molar-refractivity contribution in [2.24, 2.45) is 0 Å². The predicted molar refractivity (Wildman–Crippen MR) is 283 cm³/mol. The molecule has 0 amide bonds. The normalized spacial score (nSPS) is 19.4. The first-order chi connectivity index (χ1) is 31.6. The van der Waals surface area contributed by atoms with Gasteiger partial charge in [0, 0.05) is 14.1 Å². The van der Waals surface area contributed by atoms with E-state index in [4.69, 9.17) is 4.67 Å². The van der Waals surface area contributed by atoms with Crippen LogP contribution in [0.1, 0.15) is 163 Å². The molecule has 2 aliphatic rings. The summed E-state index contributed by atoms with van der Waals surface area (Å²) >= 11 is 0. The van der Waals surface area contributed by atoms with Crippen LogP contribution in [0.5, 0.6) is 0 Å². The predicted octanol–water partition coefficient (Wildman–Crippen LogP) is 13.8. The van der Waals surface area contributed by atoms with E-state index in [1.54, 1.807) is 0 Å². The molecule has 0 bridgehead atoms. The quantitative estimate of drug-likeness (QED) is 0.142. The lowest BCUT2D eigenvalue weighted by molar-refractivity contribution is 0.263. The number of rotatable bonds is 8. The van der Waals surface area contributed by atoms with Gasteiger partial charge in [0.25, 0.3) is 0 Å². The van der Waals surface area contributed by atoms with Gasteiger partial charge in [-0.25, -0.2) is 4.67 Å². The van der Waals surface area contributed by atoms with Crippen molar-refractivity contribution in [2.45, 2.75) is 142 Å². The van der Waals surface area contributed by atoms with Gasteiger partial charge in [0.2, 0.25) is 0 Å². The van der Waals surface area contributed by atoms with E-state index in [1.165, 1.54) is 55.6 Å². The van der Waals surface area contributed by atoms with E-state index >= 15 is 0 Å². The standard InChI is InChI=1S/C62H76N5/c1-59(2,3)49-35-43(36-50(39-49)60(4,5)6)41-66-55(47-31-23-17-24-32-47)56(48-33-25-18-26-34-48)67(42-44-37-51(61(7,8)9)40-52(38-44)62(10,11)12)58(66)63-57-64(13)53(45-27-19-15-20-28-45)54(65(57)14)46-29-21-16-22-30-46/h15-40,53-56H,41-42H2,1-14H3/q+1/t53-,54-,55-,56-/m0/s1. The summed E-state index contributed by atoms with van der Waals surface area (Å²) in [6, 6.07) is 59.2. The van der Waals surface area contributed by atoms with E-state index in [9.17, 15) is 0 Å². The fraction of sp³-hybridized carbons (Fsp3) is 0.387. The van der Waals surface area contributed by atoms with Crippen molar-refractivity contribution < 1.29 is 0 Å². The molecule has 2 aliphatic heterocycles. The van der Waals surface area contributed by atoms with Crippen molar-refractivity contribution in [1.82, 2.24) is 24.3 Å². The number of hydrogen-bond donors (Lipinski definition) is 0. The van der Waals surface area contributed by atoms with Gasteiger partial charge in [0.05, 0.1) is 13.1 Å². The summed E-state index contributed by atoms with van der Waals surface area (Å²) in [7, 11) is 4.49. The van der Waals surface area contributed by atoms with Crippen LogP contribution >= 0.6 is 0 Å². The number of guanidine groups is 2. The van der Waals surface area contributed by atoms with Crippen molar-refractivity contribution in [2.75, 3.05) is 14.1 Å². The first-order valence-corrected chi connectivity index (χ1v) is 24.5. The Balaban J connectivity index is 1.46. The lowest BCUT2D eigenvalue weighted by Gasteiger charge is -2.29. The highest BCUT2D eigenvalue weighted by atomic mass is 15.5. The van der Waals surface area contributed by atoms with Crippen molar-refractivity contribution in [3.63, 3.8) is 0 Å². The zero-order chi connectivity index (χ0) is 48.1. The summed E-state index contributed by atoms with van der Waals surface area (Å²) < 4.78 is 6.12. The molecule has 0 spiro atoms. The molecule has 348 valence electrons. The second kappa shape index (κ2) is 18.2. The van der Waals surface area contributed by atoms with E-state index in [0.29, 0.717) is 13.1 Å². The van der Waals surface area contributed by atoms with Crippen LogP contribution < -0.4 is 4.67 Å². The van der Waals surface area contributed by atoms with Crippen molar-refractivity contribution in [3.8, 4) is 0 Å². The maximum Gasteiger partial charge on any atom is 0.375 e. The second-order valence-electron chi connectivity index (χ2n) is 23.4. The van der Waals surface area contributed by atoms with Crippen LogP contribution in [0.2, 0.25) is 0 Å². The molecule has 0 aliphatic carbocycles. The monoisotopic (exact) mass is 891 g/mol. The van der Waals surface area contributed by atoms with Crippen LogP contribution in [0.25, 0.3) is 0 Å². The van der Waals surface area contributed by atoms with Gasteiger partial charge in [0.1, 0.15) is 24.2 Å². The minimum Gasteiger partial charge on any atom is -0.275 e. The molecule has 2 saturated heterocycles. The summed E-state index contributed by atoms with van der Waals surface area (Å²) in [4.78, 5) is 10.2. The Labute approximate surface area is 403 Å². The average Bonchev–Trinajstić information content (AvgIpc) is 3.71. The van der Waals surface area contributed by atoms with Crippen LogP contribution in [-0.2, 0) is 34.7 Å². The highest BCUT2D eigenvalue weighted by Gasteiger charge is 2.53. The molecular weight excluding hydrogens is 815 g/mol. The molecule has 8 rings (SSSR count). The van der Waals surface area contributed by atoms with E-state index in [0.717, 1.165) is 11.9 Å². The van der Waals surface area contributed by atoms with Gasteiger partial charge in [0.15, 0.2) is 0 Å². The van der Waals surface area contributed by atoms with Crippen molar-refractivity contribution in [1.29, 1.82) is 0 Å². The minimum atomic E-state index is -0.0564. The Morgan fingerprint density at radius 1 is 0.343 bits per heavy atom. The molecule has 6 aromatic carbocycles. The van der Waals surface area contributed by atoms with Gasteiger partial charge in [-0.2, -0.15) is 0 Å². The fourth-order valence-electron chi connectivity index (χ4n) is 10.2. The smallest absolute Gasteiger partial charge is 0.275 e. The topological polar surface area (TPSA) is 27.1 Å². The molecule has 0 unspecified atom stereocenters. The number of nitrogens with zero attached hydrogens (tertiary/aromatic N) is 5. The molecule has 2 heterocycles. The van der Waals surface area contributed by atoms with Crippen molar-refractivity contribution >= 4 is 11.9 Å². The van der Waals surface area contributed by atoms with Crippen LogP contribution in [0.4, 0.5) is 0 Å². The lowest BCUT2D eigenvalue weighted by Crippen LogP contribution is -2.40. The minimum absolute atomic E-state index is 0.0256. The van der Waals surface area contributed by atoms with Gasteiger partial charge >= 0.3 is 11.9 Å². The van der Waals surface area contributed by atoms with Gasteiger partial charge in [-0.3, -0.25) is 19.6 Å². The van der Waals surface area contributed by atoms with Crippen LogP contribution in [0, 0.1) is 0 Å². The van der Waals surface area contributed by atoms with E-state index in [1.807, 2.05) is 0 Å². The molecule has 2 fully saturated rings. The maximum atomic E-state index is 6.12. The zero-order valence-corrected chi connectivity index (χ0v) is 43.0. The average molecular weight is 891 g/mol. The Morgan fingerprint density at radius 3 is 0.851 bits per heavy atom. The molecule has 0 aromatic heterocycles. The molecule has 5 heteroatoms. The highest BCUT2D eigenvalue weighted by Crippen LogP contribution is 2.48. The summed E-state index contributed by atoms with van der Waals surface area (Å²) in [6.45, 7) is 29.5. The SMILES string of the molecule is CN1C(=[N+]=C2N(Cc3cc(C(C)(C)C)cc(C(C)(C)C)c3)[C@@H](c3ccccc3)[C@H](c3ccccc3)N2Cc2cc(C(C)(C)C)cc(C(C)(C)C)c2)N(C)[C@@H](c2ccccc2)[C@@H]1c1ccccc1. The molecular formula is C62H76N5+. The van der Waals surface area contributed by atoms with E-state index < -0.39 is 0 Å². The molecule has 5 nitrogen and oxygen atoms in total. The van der Waals surface area contributed by atoms with Crippen LogP contribution in [0.15, 0.2) is 158 Å². The van der Waals surface area contributed by atoms with Gasteiger partial charge in [-0.05, 0) is 77.3 Å². The third kappa shape index (κ3) is 10.00. The van der Waals surface area contributed by atoms with Gasteiger partial charge in [-0.15, -0.1) is 0 Å². The third-order valence-electron chi connectivity index (χ3n) is 14.2. The molecule has 4 atom stereocenters. The summed E-state index contributed by atoms with van der Waals surface area (Å²) in [5, 5.41) is 0. The molecule has 67 heavy (non-hydrogen) atoms. The maximum absolute atomic E-state index is 6.12. The first kappa shape index (κ1) is 47.5. The number of benzene rings is 6. The third-order valence-corrected chi connectivity index (χ3v) is 14.2. The van der Waals surface area contributed by atoms with Crippen molar-refractivity contribution in [3.05, 3.63) is 213 Å². The second-order valence-corrected chi connectivity index (χ2v) is 23.4. The summed E-state index contributed by atoms with van der Waals surface area (Å²) in [6.07, 6.45) is 0. The van der Waals surface area contributed by atoms with Gasteiger partial charge < -0.3 is 0 Å². The molecule has 0 N–H and O–H groups in total. The summed E-state index contributed by atoms with van der Waals surface area (Å²) in [5.74, 6) is 1.93. The van der Waals surface area contributed by atoms with Crippen LogP contribution in [-0.4, -0.2) is 45.6 Å². The van der Waals surface area contributed by atoms with Crippen LogP contribution in [0.3, 0.4) is 0 Å². The highest BCUT2D eigenvalue weighted by molar-refractivity contribution is 5.92. The first-order valence-electron chi connectivity index (χ1n) is 24.5.